The Morgan fingerprint density at radius 1 is 1.26 bits per heavy atom. The number of fused-ring (bicyclic) bond motifs is 1. The summed E-state index contributed by atoms with van der Waals surface area (Å²) in [6, 6.07) is 1.81. The molecule has 0 aliphatic carbocycles. The van der Waals surface area contributed by atoms with Gasteiger partial charge in [-0.2, -0.15) is 5.10 Å². The number of thiol groups is 1. The monoisotopic (exact) mass is 508 g/mol. The molecular formula is C26H40N2O6S. The van der Waals surface area contributed by atoms with Crippen molar-refractivity contribution >= 4 is 30.6 Å². The van der Waals surface area contributed by atoms with Crippen LogP contribution in [-0.2, 0) is 19.1 Å². The summed E-state index contributed by atoms with van der Waals surface area (Å²) in [7, 11) is 0. The molecule has 1 aromatic rings. The lowest BCUT2D eigenvalue weighted by Gasteiger charge is -2.34. The maximum absolute atomic E-state index is 13.2. The van der Waals surface area contributed by atoms with Crippen LogP contribution >= 0.6 is 12.8 Å². The van der Waals surface area contributed by atoms with Gasteiger partial charge in [0.2, 0.25) is 0 Å². The van der Waals surface area contributed by atoms with E-state index in [1.165, 1.54) is 4.09 Å². The normalized spacial score (nSPS) is 37.5. The number of carbonyl (C=O) groups excluding carboxylic acids is 2. The molecule has 3 rings (SSSR count). The highest BCUT2D eigenvalue weighted by Gasteiger charge is 2.53. The highest BCUT2D eigenvalue weighted by molar-refractivity contribution is 7.78. The largest absolute Gasteiger partial charge is 0.458 e. The van der Waals surface area contributed by atoms with Crippen molar-refractivity contribution in [1.82, 2.24) is 9.19 Å². The molecule has 0 spiro atoms. The third-order valence-electron chi connectivity index (χ3n) is 7.89. The van der Waals surface area contributed by atoms with Crippen molar-refractivity contribution in [2.24, 2.45) is 17.3 Å². The van der Waals surface area contributed by atoms with Gasteiger partial charge < -0.3 is 19.7 Å². The standard InChI is InChI=1S/C26H40N2O6S/c1-15-8-7-10-26(6)21(34-26)13-19(16(2)12-18-9-11-28(35)27-18)33-22(30)14-20(29)25(4,5)24(32)17(3)23(15)31/h9,11-12,15,17,19-21,23,29,31,35H,7-8,10,13-14H2,1-6H3/b16-12+/t15-,17+,19-,20-,21-,23-,26+/m0/s1. The van der Waals surface area contributed by atoms with Gasteiger partial charge in [0.1, 0.15) is 11.9 Å². The molecule has 0 saturated carbocycles. The fourth-order valence-corrected chi connectivity index (χ4v) is 5.20. The van der Waals surface area contributed by atoms with Crippen LogP contribution in [0.2, 0.25) is 0 Å². The first-order valence-corrected chi connectivity index (χ1v) is 12.9. The van der Waals surface area contributed by atoms with E-state index in [1.807, 2.05) is 19.9 Å². The molecule has 2 N–H and O–H groups in total. The van der Waals surface area contributed by atoms with Crippen molar-refractivity contribution in [2.75, 3.05) is 0 Å². The summed E-state index contributed by atoms with van der Waals surface area (Å²) in [5.41, 5.74) is -0.0378. The summed E-state index contributed by atoms with van der Waals surface area (Å²) < 4.78 is 13.3. The molecule has 3 heterocycles. The van der Waals surface area contributed by atoms with E-state index >= 15 is 0 Å². The zero-order valence-electron chi connectivity index (χ0n) is 21.6. The first-order chi connectivity index (χ1) is 16.2. The summed E-state index contributed by atoms with van der Waals surface area (Å²) in [6.07, 6.45) is 3.44. The van der Waals surface area contributed by atoms with E-state index < -0.39 is 35.6 Å². The molecule has 35 heavy (non-hydrogen) atoms. The average Bonchev–Trinajstić information content (AvgIpc) is 3.22. The lowest BCUT2D eigenvalue weighted by Crippen LogP contribution is -2.45. The van der Waals surface area contributed by atoms with Gasteiger partial charge in [-0.25, -0.2) is 4.09 Å². The molecule has 2 fully saturated rings. The number of rotatable bonds is 2. The van der Waals surface area contributed by atoms with E-state index in [2.05, 4.69) is 24.8 Å². The van der Waals surface area contributed by atoms with Crippen LogP contribution < -0.4 is 0 Å². The minimum atomic E-state index is -1.24. The molecule has 8 nitrogen and oxygen atoms in total. The number of aliphatic hydroxyl groups is 2. The minimum Gasteiger partial charge on any atom is -0.458 e. The van der Waals surface area contributed by atoms with Gasteiger partial charge >= 0.3 is 5.97 Å². The number of ketones is 1. The quantitative estimate of drug-likeness (QED) is 0.318. The Bertz CT molecular complexity index is 959. The molecule has 0 aromatic carbocycles. The van der Waals surface area contributed by atoms with E-state index in [9.17, 15) is 19.8 Å². The fourth-order valence-electron chi connectivity index (χ4n) is 5.03. The molecule has 1 aromatic heterocycles. The van der Waals surface area contributed by atoms with Crippen molar-refractivity contribution in [3.63, 3.8) is 0 Å². The topological polar surface area (TPSA) is 114 Å². The summed E-state index contributed by atoms with van der Waals surface area (Å²) in [5, 5.41) is 25.9. The summed E-state index contributed by atoms with van der Waals surface area (Å²) in [6.45, 7) is 10.8. The van der Waals surface area contributed by atoms with Gasteiger partial charge in [0.15, 0.2) is 0 Å². The number of hydrogen-bond donors (Lipinski definition) is 3. The van der Waals surface area contributed by atoms with Crippen LogP contribution in [0.25, 0.3) is 6.08 Å². The van der Waals surface area contributed by atoms with Gasteiger partial charge in [0.25, 0.3) is 0 Å². The molecule has 2 aliphatic rings. The Kier molecular flexibility index (Phi) is 8.57. The van der Waals surface area contributed by atoms with E-state index in [0.717, 1.165) is 24.8 Å². The molecule has 0 radical (unpaired) electrons. The summed E-state index contributed by atoms with van der Waals surface area (Å²) in [5.74, 6) is -1.60. The van der Waals surface area contributed by atoms with E-state index in [1.54, 1.807) is 33.0 Å². The Balaban J connectivity index is 1.85. The third-order valence-corrected chi connectivity index (χ3v) is 8.11. The number of cyclic esters (lactones) is 1. The Labute approximate surface area is 213 Å². The zero-order chi connectivity index (χ0) is 26.1. The predicted molar refractivity (Wildman–Crippen MR) is 136 cm³/mol. The minimum absolute atomic E-state index is 0.0684. The number of hydrogen-bond acceptors (Lipinski definition) is 8. The Morgan fingerprint density at radius 2 is 1.94 bits per heavy atom. The second kappa shape index (κ2) is 10.7. The van der Waals surface area contributed by atoms with Gasteiger partial charge in [-0.1, -0.05) is 34.1 Å². The first-order valence-electron chi connectivity index (χ1n) is 12.5. The Morgan fingerprint density at radius 3 is 2.57 bits per heavy atom. The van der Waals surface area contributed by atoms with E-state index in [0.29, 0.717) is 12.1 Å². The van der Waals surface area contributed by atoms with Crippen molar-refractivity contribution < 1.29 is 29.3 Å². The highest BCUT2D eigenvalue weighted by atomic mass is 32.1. The summed E-state index contributed by atoms with van der Waals surface area (Å²) >= 11 is 4.17. The fraction of sp³-hybridized carbons (Fsp3) is 0.731. The van der Waals surface area contributed by atoms with Crippen LogP contribution in [0.1, 0.15) is 79.3 Å². The number of esters is 1. The van der Waals surface area contributed by atoms with Crippen molar-refractivity contribution in [3.05, 3.63) is 23.5 Å². The smallest absolute Gasteiger partial charge is 0.309 e. The second-order valence-corrected chi connectivity index (χ2v) is 11.5. The lowest BCUT2D eigenvalue weighted by atomic mass is 9.73. The van der Waals surface area contributed by atoms with Gasteiger partial charge in [0, 0.05) is 18.5 Å². The predicted octanol–water partition coefficient (Wildman–Crippen LogP) is 3.60. The molecule has 2 aliphatic heterocycles. The SMILES string of the molecule is C/C(=C\c1ccn(S)n1)[C@@H]1C[C@@H]2O[C@]2(C)CCC[C@H](C)[C@H](O)[C@@H](C)C(=O)C(C)(C)[C@@H](O)CC(=O)O1. The number of epoxide rings is 1. The van der Waals surface area contributed by atoms with Crippen LogP contribution in [-0.4, -0.2) is 61.2 Å². The number of nitrogens with zero attached hydrogens (tertiary/aromatic N) is 2. The third kappa shape index (κ3) is 6.56. The van der Waals surface area contributed by atoms with Gasteiger partial charge in [-0.3, -0.25) is 9.59 Å². The van der Waals surface area contributed by atoms with Gasteiger partial charge in [-0.05, 0) is 63.1 Å². The maximum atomic E-state index is 13.2. The molecule has 196 valence electrons. The zero-order valence-corrected chi connectivity index (χ0v) is 22.5. The molecule has 0 amide bonds. The molecule has 0 unspecified atom stereocenters. The van der Waals surface area contributed by atoms with E-state index in [-0.39, 0.29) is 29.8 Å². The van der Waals surface area contributed by atoms with Crippen LogP contribution in [0.15, 0.2) is 17.8 Å². The molecule has 9 heteroatoms. The second-order valence-electron chi connectivity index (χ2n) is 11.1. The number of aliphatic hydroxyl groups excluding tert-OH is 2. The maximum Gasteiger partial charge on any atom is 0.309 e. The molecule has 0 bridgehead atoms. The van der Waals surface area contributed by atoms with Crippen molar-refractivity contribution in [3.8, 4) is 0 Å². The van der Waals surface area contributed by atoms with E-state index in [4.69, 9.17) is 9.47 Å². The number of Topliss-reactive ketones (excluding diaryl/α,β-unsaturated/α-hetero) is 1. The first kappa shape index (κ1) is 27.9. The van der Waals surface area contributed by atoms with Crippen LogP contribution in [0.5, 0.6) is 0 Å². The van der Waals surface area contributed by atoms with Crippen LogP contribution in [0.3, 0.4) is 0 Å². The number of carbonyl (C=O) groups is 2. The number of aromatic nitrogens is 2. The van der Waals surface area contributed by atoms with Gasteiger partial charge in [0.05, 0.1) is 41.4 Å². The Hall–Kier alpha value is -1.68. The molecule has 2 saturated heterocycles. The summed E-state index contributed by atoms with van der Waals surface area (Å²) in [4.78, 5) is 26.1. The highest BCUT2D eigenvalue weighted by Crippen LogP contribution is 2.45. The van der Waals surface area contributed by atoms with Crippen LogP contribution in [0.4, 0.5) is 0 Å². The van der Waals surface area contributed by atoms with Gasteiger partial charge in [-0.15, -0.1) is 0 Å². The molecular weight excluding hydrogens is 468 g/mol. The average molecular weight is 509 g/mol. The van der Waals surface area contributed by atoms with Crippen LogP contribution in [0, 0.1) is 17.3 Å². The number of ether oxygens (including phenoxy) is 2. The van der Waals surface area contributed by atoms with Crippen molar-refractivity contribution in [2.45, 2.75) is 104 Å². The molecule has 7 atom stereocenters. The van der Waals surface area contributed by atoms with Crippen molar-refractivity contribution in [1.29, 1.82) is 0 Å². The lowest BCUT2D eigenvalue weighted by molar-refractivity contribution is -0.154.